The maximum absolute atomic E-state index is 10.6. The number of benzene rings is 1. The highest BCUT2D eigenvalue weighted by Crippen LogP contribution is 2.41. The molecule has 3 aliphatic heterocycles. The van der Waals surface area contributed by atoms with E-state index in [-0.39, 0.29) is 40.1 Å². The summed E-state index contributed by atoms with van der Waals surface area (Å²) >= 11 is 0. The average molecular weight is 611 g/mol. The maximum atomic E-state index is 10.6. The van der Waals surface area contributed by atoms with Crippen molar-refractivity contribution in [2.45, 2.75) is 74.4 Å². The van der Waals surface area contributed by atoms with Crippen molar-refractivity contribution in [3.05, 3.63) is 64.8 Å². The molecule has 5 rings (SSSR count). The molecule has 11 unspecified atom stereocenters. The summed E-state index contributed by atoms with van der Waals surface area (Å²) in [7, 11) is 1.35. The Morgan fingerprint density at radius 2 is 1.49 bits per heavy atom. The van der Waals surface area contributed by atoms with E-state index < -0.39 is 74.1 Å². The van der Waals surface area contributed by atoms with Gasteiger partial charge in [0.05, 0.1) is 19.8 Å². The number of rotatable bonds is 7. The Morgan fingerprint density at radius 1 is 0.814 bits per heavy atom. The van der Waals surface area contributed by atoms with Gasteiger partial charge in [0.2, 0.25) is 12.6 Å². The maximum Gasteiger partial charge on any atom is 0.229 e. The monoisotopic (exact) mass is 610 g/mol. The van der Waals surface area contributed by atoms with Crippen LogP contribution in [0.3, 0.4) is 0 Å². The molecule has 0 amide bonds. The number of methoxy groups -OCH3 is 1. The Kier molecular flexibility index (Phi) is 8.89. The molecule has 2 fully saturated rings. The average Bonchev–Trinajstić information content (AvgIpc) is 2.99. The second-order valence-corrected chi connectivity index (χ2v) is 10.4. The molecule has 0 bridgehead atoms. The number of phenolic OH excluding ortho intramolecular Hbond substituents is 1. The number of hydrogen-bond donors (Lipinski definition) is 9. The third-order valence-corrected chi connectivity index (χ3v) is 7.53. The van der Waals surface area contributed by atoms with E-state index >= 15 is 0 Å². The highest BCUT2D eigenvalue weighted by Gasteiger charge is 2.47. The molecule has 0 radical (unpaired) electrons. The predicted molar refractivity (Wildman–Crippen MR) is 142 cm³/mol. The molecule has 236 valence electrons. The SMILES string of the molecule is COc1cc(C2=C(OC3OC(C)C(O)C(O)C3O)C=C3C(OC4OC(CO)C(O)C(O)C4O)=CC(O)=CC3O2)ccc1O. The van der Waals surface area contributed by atoms with Gasteiger partial charge in [-0.1, -0.05) is 0 Å². The van der Waals surface area contributed by atoms with Crippen LogP contribution in [0.15, 0.2) is 59.3 Å². The minimum absolute atomic E-state index is 0.0363. The van der Waals surface area contributed by atoms with E-state index in [0.717, 1.165) is 0 Å². The second-order valence-electron chi connectivity index (χ2n) is 10.4. The smallest absolute Gasteiger partial charge is 0.229 e. The van der Waals surface area contributed by atoms with E-state index in [0.29, 0.717) is 5.56 Å². The number of phenols is 1. The molecule has 43 heavy (non-hydrogen) atoms. The standard InChI is InChI=1S/C28H34O15/c1-10-20(32)22(34)24(36)27(39-10)42-18-8-13-15(40-26(18)11-3-4-14(31)17(5-11)38-2)6-12(30)7-16(13)41-28-25(37)23(35)21(33)19(9-29)43-28/h3-8,10,15,19-25,27-37H,9H2,1-2H3. The van der Waals surface area contributed by atoms with Gasteiger partial charge in [-0.25, -0.2) is 0 Å². The highest BCUT2D eigenvalue weighted by molar-refractivity contribution is 5.70. The number of allylic oxidation sites excluding steroid dienone is 2. The number of aliphatic hydroxyl groups is 8. The lowest BCUT2D eigenvalue weighted by Crippen LogP contribution is -2.59. The molecule has 9 N–H and O–H groups in total. The van der Waals surface area contributed by atoms with Crippen molar-refractivity contribution in [2.24, 2.45) is 0 Å². The third-order valence-electron chi connectivity index (χ3n) is 7.53. The minimum Gasteiger partial charge on any atom is -0.508 e. The first-order chi connectivity index (χ1) is 20.4. The summed E-state index contributed by atoms with van der Waals surface area (Å²) in [4.78, 5) is 0. The van der Waals surface area contributed by atoms with Crippen molar-refractivity contribution in [3.8, 4) is 11.5 Å². The zero-order valence-electron chi connectivity index (χ0n) is 23.0. The van der Waals surface area contributed by atoms with Crippen molar-refractivity contribution < 1.29 is 74.4 Å². The predicted octanol–water partition coefficient (Wildman–Crippen LogP) is -1.61. The summed E-state index contributed by atoms with van der Waals surface area (Å²) in [5, 5.41) is 92.0. The Labute approximate surface area is 245 Å². The summed E-state index contributed by atoms with van der Waals surface area (Å²) in [6, 6.07) is 4.28. The van der Waals surface area contributed by atoms with Gasteiger partial charge >= 0.3 is 0 Å². The fraction of sp³-hybridized carbons (Fsp3) is 0.500. The molecule has 1 aromatic rings. The van der Waals surface area contributed by atoms with Gasteiger partial charge in [-0.15, -0.1) is 0 Å². The van der Waals surface area contributed by atoms with Crippen LogP contribution in [0, 0.1) is 0 Å². The van der Waals surface area contributed by atoms with E-state index in [1.807, 2.05) is 0 Å². The lowest BCUT2D eigenvalue weighted by Gasteiger charge is -2.41. The van der Waals surface area contributed by atoms with E-state index in [4.69, 9.17) is 28.4 Å². The molecule has 4 aliphatic rings. The van der Waals surface area contributed by atoms with Crippen molar-refractivity contribution in [1.29, 1.82) is 0 Å². The van der Waals surface area contributed by atoms with Gasteiger partial charge < -0.3 is 74.4 Å². The van der Waals surface area contributed by atoms with Gasteiger partial charge in [-0.2, -0.15) is 0 Å². The van der Waals surface area contributed by atoms with Crippen LogP contribution in [0.25, 0.3) is 5.76 Å². The summed E-state index contributed by atoms with van der Waals surface area (Å²) in [5.74, 6) is -0.507. The molecule has 2 saturated heterocycles. The van der Waals surface area contributed by atoms with Gasteiger partial charge in [0.25, 0.3) is 0 Å². The van der Waals surface area contributed by atoms with Gasteiger partial charge in [0, 0.05) is 23.3 Å². The molecule has 1 aromatic carbocycles. The van der Waals surface area contributed by atoms with Crippen LogP contribution in [0.5, 0.6) is 11.5 Å². The summed E-state index contributed by atoms with van der Waals surface area (Å²) in [6.45, 7) is 0.790. The zero-order valence-corrected chi connectivity index (χ0v) is 23.0. The number of aliphatic hydroxyl groups excluding tert-OH is 8. The molecule has 0 saturated carbocycles. The molecule has 15 nitrogen and oxygen atoms in total. The van der Waals surface area contributed by atoms with Crippen molar-refractivity contribution >= 4 is 5.76 Å². The van der Waals surface area contributed by atoms with E-state index in [1.54, 1.807) is 0 Å². The molecule has 0 aromatic heterocycles. The Bertz CT molecular complexity index is 1320. The molecular formula is C28H34O15. The van der Waals surface area contributed by atoms with Gasteiger partial charge in [-0.3, -0.25) is 0 Å². The molecular weight excluding hydrogens is 576 g/mol. The van der Waals surface area contributed by atoms with E-state index in [9.17, 15) is 46.0 Å². The fourth-order valence-corrected chi connectivity index (χ4v) is 5.04. The van der Waals surface area contributed by atoms with E-state index in [1.165, 1.54) is 50.5 Å². The minimum atomic E-state index is -1.75. The Hall–Kier alpha value is -3.38. The van der Waals surface area contributed by atoms with Crippen molar-refractivity contribution in [3.63, 3.8) is 0 Å². The van der Waals surface area contributed by atoms with Crippen molar-refractivity contribution in [2.75, 3.05) is 13.7 Å². The van der Waals surface area contributed by atoms with Crippen LogP contribution in [-0.2, 0) is 23.7 Å². The summed E-state index contributed by atoms with van der Waals surface area (Å²) in [6.07, 6.45) is -12.1. The first-order valence-corrected chi connectivity index (χ1v) is 13.4. The second kappa shape index (κ2) is 12.3. The number of hydrogen-bond acceptors (Lipinski definition) is 15. The van der Waals surface area contributed by atoms with Gasteiger partial charge in [0.15, 0.2) is 23.0 Å². The normalized spacial score (nSPS) is 37.8. The highest BCUT2D eigenvalue weighted by atomic mass is 16.7. The summed E-state index contributed by atoms with van der Waals surface area (Å²) in [5.41, 5.74) is 0.538. The third kappa shape index (κ3) is 5.91. The van der Waals surface area contributed by atoms with Crippen LogP contribution in [0.2, 0.25) is 0 Å². The van der Waals surface area contributed by atoms with Crippen LogP contribution < -0.4 is 4.74 Å². The van der Waals surface area contributed by atoms with Gasteiger partial charge in [-0.05, 0) is 31.2 Å². The molecule has 0 spiro atoms. The molecule has 3 heterocycles. The van der Waals surface area contributed by atoms with E-state index in [2.05, 4.69) is 0 Å². The Morgan fingerprint density at radius 3 is 2.16 bits per heavy atom. The van der Waals surface area contributed by atoms with Crippen molar-refractivity contribution in [1.82, 2.24) is 0 Å². The Balaban J connectivity index is 1.54. The first kappa shape index (κ1) is 31.1. The summed E-state index contributed by atoms with van der Waals surface area (Å²) < 4.78 is 34.2. The lowest BCUT2D eigenvalue weighted by molar-refractivity contribution is -0.291. The topological polar surface area (TPSA) is 237 Å². The fourth-order valence-electron chi connectivity index (χ4n) is 5.04. The van der Waals surface area contributed by atoms with Crippen LogP contribution >= 0.6 is 0 Å². The van der Waals surface area contributed by atoms with Crippen LogP contribution in [-0.4, -0.2) is 127 Å². The number of ether oxygens (including phenoxy) is 6. The van der Waals surface area contributed by atoms with Crippen LogP contribution in [0.1, 0.15) is 12.5 Å². The number of fused-ring (bicyclic) bond motifs is 1. The van der Waals surface area contributed by atoms with Gasteiger partial charge in [0.1, 0.15) is 60.4 Å². The molecule has 11 atom stereocenters. The van der Waals surface area contributed by atoms with Crippen LogP contribution in [0.4, 0.5) is 0 Å². The quantitative estimate of drug-likeness (QED) is 0.169. The lowest BCUT2D eigenvalue weighted by atomic mass is 9.96. The zero-order chi connectivity index (χ0) is 31.2. The number of aromatic hydroxyl groups is 1. The molecule has 15 heteroatoms. The molecule has 1 aliphatic carbocycles. The largest absolute Gasteiger partial charge is 0.508 e. The first-order valence-electron chi connectivity index (χ1n) is 13.4.